The van der Waals surface area contributed by atoms with Crippen molar-refractivity contribution in [2.24, 2.45) is 11.8 Å². The highest BCUT2D eigenvalue weighted by Gasteiger charge is 2.75. The Morgan fingerprint density at radius 3 is 2.38 bits per heavy atom. The molecule has 11 heteroatoms. The lowest BCUT2D eigenvalue weighted by atomic mass is 9.70. The second kappa shape index (κ2) is 15.9. The molecule has 52 heavy (non-hydrogen) atoms. The van der Waals surface area contributed by atoms with Crippen LogP contribution in [-0.2, 0) is 28.7 Å². The van der Waals surface area contributed by atoms with Crippen molar-refractivity contribution in [1.82, 2.24) is 10.2 Å². The summed E-state index contributed by atoms with van der Waals surface area (Å²) in [6.45, 7) is 8.90. The number of carbonyl (C=O) groups excluding carboxylic acids is 4. The van der Waals surface area contributed by atoms with Crippen molar-refractivity contribution in [3.8, 4) is 0 Å². The molecule has 272 valence electrons. The number of aliphatic hydroxyl groups is 1. The van der Waals surface area contributed by atoms with E-state index in [1.807, 2.05) is 49.4 Å². The number of aliphatic hydroxyl groups excluding tert-OH is 1. The standard InChI is InChI=1S/C41H44ClN3O7/c1-4-6-20-33(47)51-25-30(27-15-9-7-10-16-27)43-38(48)34-32-21-22-41(52-32)35(34)39(49)45(31(24-46)28-17-11-8-12-18-28)37(41)40(50)44(23-5-2)36-26(3)14-13-19-29(36)42/h4-5,7-19,30-32,34-35,37,46H,1-2,6,20-25H2,3H3,(H,43,48)/t30-,31+,32+,34-,35-,37+,41-/m0/s1. The predicted molar refractivity (Wildman–Crippen MR) is 197 cm³/mol. The van der Waals surface area contributed by atoms with Crippen LogP contribution in [0.1, 0.15) is 54.5 Å². The van der Waals surface area contributed by atoms with E-state index in [0.717, 1.165) is 11.1 Å². The minimum atomic E-state index is -1.36. The number of nitrogens with zero attached hydrogens (tertiary/aromatic N) is 2. The highest BCUT2D eigenvalue weighted by Crippen LogP contribution is 2.60. The first-order valence-corrected chi connectivity index (χ1v) is 18.0. The summed E-state index contributed by atoms with van der Waals surface area (Å²) in [5.74, 6) is -3.74. The number of esters is 1. The number of hydrogen-bond acceptors (Lipinski definition) is 7. The predicted octanol–water partition coefficient (Wildman–Crippen LogP) is 5.64. The minimum Gasteiger partial charge on any atom is -0.463 e. The SMILES string of the molecule is C=CCCC(=O)OC[C@H](NC(=O)[C@@H]1[C@H]2C(=O)N([C@H](CO)c3ccccc3)[C@H](C(=O)N(CC=C)c3c(C)cccc3Cl)[C@]23CC[C@H]1O3)c1ccccc1. The van der Waals surface area contributed by atoms with Gasteiger partial charge in [-0.15, -0.1) is 13.2 Å². The van der Waals surface area contributed by atoms with E-state index in [4.69, 9.17) is 21.1 Å². The van der Waals surface area contributed by atoms with Crippen molar-refractivity contribution in [1.29, 1.82) is 0 Å². The van der Waals surface area contributed by atoms with Gasteiger partial charge in [0.25, 0.3) is 5.91 Å². The number of anilines is 1. The van der Waals surface area contributed by atoms with Gasteiger partial charge in [-0.25, -0.2) is 0 Å². The van der Waals surface area contributed by atoms with Gasteiger partial charge in [0, 0.05) is 13.0 Å². The van der Waals surface area contributed by atoms with Gasteiger partial charge in [-0.1, -0.05) is 96.5 Å². The number of carbonyl (C=O) groups is 4. The van der Waals surface area contributed by atoms with E-state index in [1.54, 1.807) is 48.6 Å². The Balaban J connectivity index is 1.39. The number of nitrogens with one attached hydrogen (secondary N) is 1. The number of allylic oxidation sites excluding steroid dienone is 1. The molecule has 3 aromatic carbocycles. The highest BCUT2D eigenvalue weighted by molar-refractivity contribution is 6.34. The Hall–Kier alpha value is -4.77. The van der Waals surface area contributed by atoms with Crippen LogP contribution in [0.25, 0.3) is 0 Å². The highest BCUT2D eigenvalue weighted by atomic mass is 35.5. The molecule has 7 atom stereocenters. The molecule has 0 unspecified atom stereocenters. The number of fused-ring (bicyclic) bond motifs is 1. The number of hydrogen-bond donors (Lipinski definition) is 2. The lowest BCUT2D eigenvalue weighted by molar-refractivity contribution is -0.146. The molecule has 2 bridgehead atoms. The zero-order valence-corrected chi connectivity index (χ0v) is 29.9. The number of benzene rings is 3. The molecule has 0 aliphatic carbocycles. The third kappa shape index (κ3) is 6.78. The molecule has 6 rings (SSSR count). The third-order valence-electron chi connectivity index (χ3n) is 10.5. The van der Waals surface area contributed by atoms with Crippen molar-refractivity contribution >= 4 is 41.0 Å². The molecule has 10 nitrogen and oxygen atoms in total. The average molecular weight is 726 g/mol. The maximum Gasteiger partial charge on any atom is 0.306 e. The topological polar surface area (TPSA) is 125 Å². The fourth-order valence-electron chi connectivity index (χ4n) is 8.21. The van der Waals surface area contributed by atoms with Gasteiger partial charge >= 0.3 is 5.97 Å². The Kier molecular flexibility index (Phi) is 11.3. The number of para-hydroxylation sites is 1. The van der Waals surface area contributed by atoms with E-state index in [-0.39, 0.29) is 19.6 Å². The number of ether oxygens (including phenoxy) is 2. The molecule has 3 heterocycles. The van der Waals surface area contributed by atoms with E-state index in [0.29, 0.717) is 35.5 Å². The zero-order valence-electron chi connectivity index (χ0n) is 29.2. The van der Waals surface area contributed by atoms with Crippen molar-refractivity contribution in [2.45, 2.75) is 62.4 Å². The first-order chi connectivity index (χ1) is 25.2. The minimum absolute atomic E-state index is 0.0927. The second-order valence-electron chi connectivity index (χ2n) is 13.5. The molecule has 3 aliphatic rings. The van der Waals surface area contributed by atoms with Gasteiger partial charge in [0.05, 0.1) is 47.3 Å². The average Bonchev–Trinajstić information content (AvgIpc) is 3.80. The summed E-state index contributed by atoms with van der Waals surface area (Å²) in [5.41, 5.74) is 1.22. The first kappa shape index (κ1) is 37.0. The number of amides is 3. The van der Waals surface area contributed by atoms with E-state index >= 15 is 4.79 Å². The van der Waals surface area contributed by atoms with Gasteiger partial charge in [-0.2, -0.15) is 0 Å². The monoisotopic (exact) mass is 725 g/mol. The Bertz CT molecular complexity index is 1800. The van der Waals surface area contributed by atoms with Crippen LogP contribution in [-0.4, -0.2) is 71.2 Å². The van der Waals surface area contributed by atoms with E-state index in [2.05, 4.69) is 18.5 Å². The molecular formula is C41H44ClN3O7. The van der Waals surface area contributed by atoms with Crippen LogP contribution in [0.5, 0.6) is 0 Å². The van der Waals surface area contributed by atoms with Crippen LogP contribution >= 0.6 is 11.6 Å². The largest absolute Gasteiger partial charge is 0.463 e. The lowest BCUT2D eigenvalue weighted by Crippen LogP contribution is -2.57. The van der Waals surface area contributed by atoms with Crippen LogP contribution in [0.4, 0.5) is 5.69 Å². The molecule has 0 aromatic heterocycles. The third-order valence-corrected chi connectivity index (χ3v) is 10.8. The summed E-state index contributed by atoms with van der Waals surface area (Å²) in [6.07, 6.45) is 3.99. The molecule has 3 saturated heterocycles. The quantitative estimate of drug-likeness (QED) is 0.153. The van der Waals surface area contributed by atoms with Gasteiger partial charge in [-0.05, 0) is 48.9 Å². The summed E-state index contributed by atoms with van der Waals surface area (Å²) < 4.78 is 12.3. The zero-order chi connectivity index (χ0) is 37.0. The molecule has 3 aromatic rings. The van der Waals surface area contributed by atoms with E-state index in [1.165, 1.54) is 9.80 Å². The molecule has 3 fully saturated rings. The maximum absolute atomic E-state index is 15.1. The summed E-state index contributed by atoms with van der Waals surface area (Å²) in [4.78, 5) is 60.0. The molecular weight excluding hydrogens is 682 g/mol. The molecule has 0 radical (unpaired) electrons. The second-order valence-corrected chi connectivity index (χ2v) is 13.9. The summed E-state index contributed by atoms with van der Waals surface area (Å²) in [6, 6.07) is 20.7. The lowest BCUT2D eigenvalue weighted by Gasteiger charge is -2.39. The molecule has 3 amide bonds. The van der Waals surface area contributed by atoms with Gasteiger partial charge in [-0.3, -0.25) is 19.2 Å². The van der Waals surface area contributed by atoms with Crippen molar-refractivity contribution in [3.63, 3.8) is 0 Å². The van der Waals surface area contributed by atoms with Crippen molar-refractivity contribution in [3.05, 3.63) is 126 Å². The van der Waals surface area contributed by atoms with E-state index in [9.17, 15) is 19.5 Å². The number of halogens is 1. The van der Waals surface area contributed by atoms with Crippen LogP contribution in [0.2, 0.25) is 5.02 Å². The van der Waals surface area contributed by atoms with Gasteiger partial charge in [0.15, 0.2) is 0 Å². The Labute approximate surface area is 309 Å². The van der Waals surface area contributed by atoms with Gasteiger partial charge in [0.1, 0.15) is 18.2 Å². The Morgan fingerprint density at radius 2 is 1.75 bits per heavy atom. The smallest absolute Gasteiger partial charge is 0.306 e. The maximum atomic E-state index is 15.1. The fraction of sp³-hybridized carbons (Fsp3) is 0.366. The van der Waals surface area contributed by atoms with Crippen LogP contribution in [0, 0.1) is 18.8 Å². The normalized spacial score (nSPS) is 24.1. The molecule has 3 aliphatic heterocycles. The fourth-order valence-corrected chi connectivity index (χ4v) is 8.54. The number of rotatable bonds is 15. The molecule has 0 saturated carbocycles. The van der Waals surface area contributed by atoms with Crippen LogP contribution in [0.3, 0.4) is 0 Å². The molecule has 2 N–H and O–H groups in total. The van der Waals surface area contributed by atoms with Gasteiger partial charge < -0.3 is 29.7 Å². The van der Waals surface area contributed by atoms with Crippen LogP contribution in [0.15, 0.2) is 104 Å². The van der Waals surface area contributed by atoms with E-state index < -0.39 is 72.0 Å². The summed E-state index contributed by atoms with van der Waals surface area (Å²) in [5, 5.41) is 14.3. The van der Waals surface area contributed by atoms with Gasteiger partial charge in [0.2, 0.25) is 11.8 Å². The van der Waals surface area contributed by atoms with Crippen LogP contribution < -0.4 is 10.2 Å². The first-order valence-electron chi connectivity index (χ1n) is 17.6. The Morgan fingerprint density at radius 1 is 1.06 bits per heavy atom. The number of likely N-dealkylation sites (tertiary alicyclic amines) is 1. The van der Waals surface area contributed by atoms with Crippen molar-refractivity contribution < 1.29 is 33.8 Å². The number of aryl methyl sites for hydroxylation is 1. The summed E-state index contributed by atoms with van der Waals surface area (Å²) in [7, 11) is 0. The van der Waals surface area contributed by atoms with Crippen molar-refractivity contribution in [2.75, 3.05) is 24.7 Å². The summed E-state index contributed by atoms with van der Waals surface area (Å²) >= 11 is 6.71. The molecule has 1 spiro atoms.